The fourth-order valence-electron chi connectivity index (χ4n) is 2.53. The van der Waals surface area contributed by atoms with Crippen LogP contribution in [0, 0.1) is 5.82 Å². The third-order valence-electron chi connectivity index (χ3n) is 3.61. The van der Waals surface area contributed by atoms with Crippen LogP contribution in [-0.4, -0.2) is 34.4 Å². The molecule has 1 aromatic heterocycles. The number of aromatic nitrogens is 1. The van der Waals surface area contributed by atoms with Crippen molar-refractivity contribution >= 4 is 11.7 Å². The lowest BCUT2D eigenvalue weighted by atomic mass is 10.0. The van der Waals surface area contributed by atoms with Gasteiger partial charge in [0.1, 0.15) is 0 Å². The highest BCUT2D eigenvalue weighted by Gasteiger charge is 2.36. The summed E-state index contributed by atoms with van der Waals surface area (Å²) in [5.74, 6) is -0.663. The number of likely N-dealkylation sites (tertiary alicyclic amines) is 1. The number of hydrogen-bond acceptors (Lipinski definition) is 3. The lowest BCUT2D eigenvalue weighted by Gasteiger charge is -2.31. The van der Waals surface area contributed by atoms with E-state index in [2.05, 4.69) is 10.3 Å². The predicted octanol–water partition coefficient (Wildman–Crippen LogP) is 2.67. The van der Waals surface area contributed by atoms with Gasteiger partial charge in [-0.15, -0.1) is 0 Å². The summed E-state index contributed by atoms with van der Waals surface area (Å²) in [7, 11) is 0. The molecule has 2 heterocycles. The quantitative estimate of drug-likeness (QED) is 0.914. The molecule has 0 aliphatic carbocycles. The van der Waals surface area contributed by atoms with Crippen molar-refractivity contribution < 1.29 is 9.18 Å². The topological polar surface area (TPSA) is 45.2 Å². The van der Waals surface area contributed by atoms with E-state index in [1.807, 2.05) is 20.8 Å². The van der Waals surface area contributed by atoms with Crippen LogP contribution in [0.2, 0.25) is 0 Å². The molecule has 1 aliphatic rings. The van der Waals surface area contributed by atoms with Crippen LogP contribution in [0.4, 0.5) is 10.2 Å². The average Bonchev–Trinajstić information content (AvgIpc) is 2.71. The fourth-order valence-corrected chi connectivity index (χ4v) is 2.53. The van der Waals surface area contributed by atoms with Crippen molar-refractivity contribution in [3.63, 3.8) is 0 Å². The van der Waals surface area contributed by atoms with Crippen LogP contribution < -0.4 is 5.32 Å². The van der Waals surface area contributed by atoms with Crippen LogP contribution in [0.3, 0.4) is 0 Å². The molecule has 19 heavy (non-hydrogen) atoms. The number of pyridine rings is 1. The zero-order valence-electron chi connectivity index (χ0n) is 11.7. The Morgan fingerprint density at radius 3 is 2.89 bits per heavy atom. The number of nitrogens with one attached hydrogen (secondary N) is 1. The molecule has 1 amide bonds. The van der Waals surface area contributed by atoms with Crippen molar-refractivity contribution in [3.05, 3.63) is 23.6 Å². The largest absolute Gasteiger partial charge is 0.368 e. The minimum absolute atomic E-state index is 0.0981. The summed E-state index contributed by atoms with van der Waals surface area (Å²) < 4.78 is 14.2. The molecule has 5 heteroatoms. The molecule has 0 spiro atoms. The minimum atomic E-state index is -0.558. The van der Waals surface area contributed by atoms with Gasteiger partial charge in [-0.1, -0.05) is 0 Å². The van der Waals surface area contributed by atoms with Crippen LogP contribution in [0.25, 0.3) is 0 Å². The molecule has 2 rings (SSSR count). The van der Waals surface area contributed by atoms with Crippen LogP contribution in [-0.2, 0) is 0 Å². The van der Waals surface area contributed by atoms with Crippen molar-refractivity contribution in [3.8, 4) is 0 Å². The summed E-state index contributed by atoms with van der Waals surface area (Å²) in [5.41, 5.74) is -0.105. The molecule has 0 bridgehead atoms. The first-order valence-electron chi connectivity index (χ1n) is 6.67. The Balaban J connectivity index is 2.32. The first-order chi connectivity index (χ1) is 8.97. The molecule has 1 N–H and O–H groups in total. The molecule has 0 saturated carbocycles. The van der Waals surface area contributed by atoms with Gasteiger partial charge in [-0.25, -0.2) is 9.37 Å². The van der Waals surface area contributed by atoms with Crippen LogP contribution in [0.1, 0.15) is 44.0 Å². The van der Waals surface area contributed by atoms with E-state index in [9.17, 15) is 9.18 Å². The second-order valence-electron chi connectivity index (χ2n) is 5.42. The van der Waals surface area contributed by atoms with Crippen molar-refractivity contribution in [2.75, 3.05) is 18.4 Å². The van der Waals surface area contributed by atoms with Crippen LogP contribution in [0.15, 0.2) is 12.3 Å². The molecule has 1 aliphatic heterocycles. The van der Waals surface area contributed by atoms with Crippen LogP contribution >= 0.6 is 0 Å². The SMILES string of the molecule is CCNc1nccc(C(=O)N2CCCC2(C)C)c1F. The van der Waals surface area contributed by atoms with E-state index in [4.69, 9.17) is 0 Å². The van der Waals surface area contributed by atoms with Crippen molar-refractivity contribution in [1.82, 2.24) is 9.88 Å². The number of anilines is 1. The highest BCUT2D eigenvalue weighted by Crippen LogP contribution is 2.30. The summed E-state index contributed by atoms with van der Waals surface area (Å²) >= 11 is 0. The third-order valence-corrected chi connectivity index (χ3v) is 3.61. The van der Waals surface area contributed by atoms with Crippen molar-refractivity contribution in [2.45, 2.75) is 39.2 Å². The summed E-state index contributed by atoms with van der Waals surface area (Å²) in [6.07, 6.45) is 3.38. The number of hydrogen-bond donors (Lipinski definition) is 1. The number of halogens is 1. The lowest BCUT2D eigenvalue weighted by Crippen LogP contribution is -2.43. The van der Waals surface area contributed by atoms with E-state index >= 15 is 0 Å². The smallest absolute Gasteiger partial charge is 0.257 e. The Bertz CT molecular complexity index is 488. The normalized spacial score (nSPS) is 17.6. The molecule has 4 nitrogen and oxygen atoms in total. The van der Waals surface area contributed by atoms with E-state index in [0.29, 0.717) is 13.1 Å². The first kappa shape index (κ1) is 13.8. The van der Waals surface area contributed by atoms with Gasteiger partial charge in [0, 0.05) is 24.8 Å². The molecular formula is C14H20FN3O. The van der Waals surface area contributed by atoms with Gasteiger partial charge >= 0.3 is 0 Å². The van der Waals surface area contributed by atoms with E-state index in [0.717, 1.165) is 12.8 Å². The summed E-state index contributed by atoms with van der Waals surface area (Å²) in [5, 5.41) is 2.83. The molecule has 1 aromatic rings. The second kappa shape index (κ2) is 5.15. The summed E-state index contributed by atoms with van der Waals surface area (Å²) in [6.45, 7) is 7.14. The first-order valence-corrected chi connectivity index (χ1v) is 6.67. The van der Waals surface area contributed by atoms with E-state index in [1.54, 1.807) is 4.90 Å². The van der Waals surface area contributed by atoms with Crippen molar-refractivity contribution in [2.24, 2.45) is 0 Å². The van der Waals surface area contributed by atoms with Gasteiger partial charge in [-0.3, -0.25) is 4.79 Å². The summed E-state index contributed by atoms with van der Waals surface area (Å²) in [6, 6.07) is 1.45. The number of amides is 1. The van der Waals surface area contributed by atoms with Gasteiger partial charge in [0.05, 0.1) is 5.56 Å². The number of carbonyl (C=O) groups excluding carboxylic acids is 1. The van der Waals surface area contributed by atoms with Gasteiger partial charge in [0.2, 0.25) is 0 Å². The molecule has 0 radical (unpaired) electrons. The van der Waals surface area contributed by atoms with Gasteiger partial charge in [0.25, 0.3) is 5.91 Å². The maximum atomic E-state index is 14.2. The lowest BCUT2D eigenvalue weighted by molar-refractivity contribution is 0.0647. The summed E-state index contributed by atoms with van der Waals surface area (Å²) in [4.78, 5) is 18.1. The molecule has 0 unspecified atom stereocenters. The van der Waals surface area contributed by atoms with Crippen molar-refractivity contribution in [1.29, 1.82) is 0 Å². The molecular weight excluding hydrogens is 245 g/mol. The van der Waals surface area contributed by atoms with E-state index in [-0.39, 0.29) is 22.8 Å². The number of rotatable bonds is 3. The van der Waals surface area contributed by atoms with Gasteiger partial charge in [-0.05, 0) is 39.7 Å². The maximum absolute atomic E-state index is 14.2. The van der Waals surface area contributed by atoms with E-state index in [1.165, 1.54) is 12.3 Å². The minimum Gasteiger partial charge on any atom is -0.368 e. The third kappa shape index (κ3) is 2.55. The van der Waals surface area contributed by atoms with E-state index < -0.39 is 5.82 Å². The molecule has 1 fully saturated rings. The number of nitrogens with zero attached hydrogens (tertiary/aromatic N) is 2. The number of carbonyl (C=O) groups is 1. The zero-order valence-corrected chi connectivity index (χ0v) is 11.7. The zero-order chi connectivity index (χ0) is 14.0. The molecule has 1 saturated heterocycles. The maximum Gasteiger partial charge on any atom is 0.257 e. The van der Waals surface area contributed by atoms with Crippen LogP contribution in [0.5, 0.6) is 0 Å². The van der Waals surface area contributed by atoms with Gasteiger partial charge in [-0.2, -0.15) is 0 Å². The Hall–Kier alpha value is -1.65. The van der Waals surface area contributed by atoms with Gasteiger partial charge < -0.3 is 10.2 Å². The fraction of sp³-hybridized carbons (Fsp3) is 0.571. The Kier molecular flexibility index (Phi) is 3.73. The Morgan fingerprint density at radius 2 is 2.32 bits per heavy atom. The Labute approximate surface area is 113 Å². The molecule has 0 aromatic carbocycles. The highest BCUT2D eigenvalue weighted by atomic mass is 19.1. The monoisotopic (exact) mass is 265 g/mol. The van der Waals surface area contributed by atoms with Gasteiger partial charge in [0.15, 0.2) is 11.6 Å². The second-order valence-corrected chi connectivity index (χ2v) is 5.42. The Morgan fingerprint density at radius 1 is 1.58 bits per heavy atom. The predicted molar refractivity (Wildman–Crippen MR) is 72.7 cm³/mol. The molecule has 0 atom stereocenters. The molecule has 104 valence electrons. The average molecular weight is 265 g/mol. The highest BCUT2D eigenvalue weighted by molar-refractivity contribution is 5.95. The standard InChI is InChI=1S/C14H20FN3O/c1-4-16-12-11(15)10(6-8-17-12)13(19)18-9-5-7-14(18,2)3/h6,8H,4-5,7,9H2,1-3H3,(H,16,17).